The van der Waals surface area contributed by atoms with E-state index < -0.39 is 0 Å². The van der Waals surface area contributed by atoms with E-state index >= 15 is 0 Å². The minimum Gasteiger partial charge on any atom is -0.388 e. The number of aliphatic hydroxyl groups is 1. The maximum atomic E-state index is 9.86. The Kier molecular flexibility index (Phi) is 2.57. The molecular formula is C12H17NO. The van der Waals surface area contributed by atoms with E-state index in [1.54, 1.807) is 0 Å². The molecule has 0 amide bonds. The van der Waals surface area contributed by atoms with Gasteiger partial charge in [0, 0.05) is 0 Å². The number of nitrogens with two attached hydrogens (primary N) is 1. The van der Waals surface area contributed by atoms with Gasteiger partial charge in [-0.2, -0.15) is 0 Å². The molecule has 1 aliphatic carbocycles. The van der Waals surface area contributed by atoms with Gasteiger partial charge in [0.1, 0.15) is 0 Å². The van der Waals surface area contributed by atoms with Gasteiger partial charge in [-0.05, 0) is 43.4 Å². The van der Waals surface area contributed by atoms with E-state index in [0.29, 0.717) is 12.5 Å². The van der Waals surface area contributed by atoms with Crippen LogP contribution in [0.25, 0.3) is 0 Å². The van der Waals surface area contributed by atoms with Crippen LogP contribution in [0.4, 0.5) is 0 Å². The fourth-order valence-corrected chi connectivity index (χ4v) is 2.35. The van der Waals surface area contributed by atoms with Gasteiger partial charge in [0.2, 0.25) is 0 Å². The number of aliphatic hydroxyl groups excluding tert-OH is 1. The molecule has 2 nitrogen and oxygen atoms in total. The quantitative estimate of drug-likeness (QED) is 0.749. The Balaban J connectivity index is 2.34. The Bertz CT molecular complexity index is 335. The summed E-state index contributed by atoms with van der Waals surface area (Å²) in [5.74, 6) is 0.464. The lowest BCUT2D eigenvalue weighted by atomic mass is 9.97. The van der Waals surface area contributed by atoms with Crippen LogP contribution in [-0.4, -0.2) is 11.7 Å². The number of hydrogen-bond donors (Lipinski definition) is 2. The predicted octanol–water partition coefficient (Wildman–Crippen LogP) is 1.86. The lowest BCUT2D eigenvalue weighted by molar-refractivity contribution is 0.172. The third kappa shape index (κ3) is 1.56. The second kappa shape index (κ2) is 3.71. The van der Waals surface area contributed by atoms with Crippen LogP contribution in [0, 0.1) is 6.92 Å². The molecule has 0 bridgehead atoms. The van der Waals surface area contributed by atoms with Crippen LogP contribution in [0.2, 0.25) is 0 Å². The summed E-state index contributed by atoms with van der Waals surface area (Å²) in [5.41, 5.74) is 9.19. The molecule has 0 aliphatic heterocycles. The zero-order chi connectivity index (χ0) is 10.1. The van der Waals surface area contributed by atoms with Crippen molar-refractivity contribution in [1.82, 2.24) is 0 Å². The molecule has 2 rings (SSSR count). The van der Waals surface area contributed by atoms with Crippen LogP contribution in [0.1, 0.15) is 41.6 Å². The second-order valence-electron chi connectivity index (χ2n) is 4.16. The maximum absolute atomic E-state index is 9.86. The third-order valence-electron chi connectivity index (χ3n) is 3.06. The van der Waals surface area contributed by atoms with Crippen LogP contribution in [-0.2, 0) is 0 Å². The van der Waals surface area contributed by atoms with Crippen LogP contribution < -0.4 is 5.73 Å². The molecule has 0 aromatic heterocycles. The number of aryl methyl sites for hydroxylation is 1. The minimum atomic E-state index is -0.276. The molecule has 0 heterocycles. The van der Waals surface area contributed by atoms with E-state index in [9.17, 15) is 5.11 Å². The van der Waals surface area contributed by atoms with Crippen molar-refractivity contribution >= 4 is 0 Å². The molecule has 1 aromatic carbocycles. The van der Waals surface area contributed by atoms with Gasteiger partial charge < -0.3 is 10.8 Å². The van der Waals surface area contributed by atoms with Crippen molar-refractivity contribution in [2.75, 3.05) is 6.54 Å². The highest BCUT2D eigenvalue weighted by atomic mass is 16.3. The fourth-order valence-electron chi connectivity index (χ4n) is 2.35. The van der Waals surface area contributed by atoms with Gasteiger partial charge in [-0.25, -0.2) is 0 Å². The number of fused-ring (bicyclic) bond motifs is 1. The highest BCUT2D eigenvalue weighted by Gasteiger charge is 2.28. The van der Waals surface area contributed by atoms with Crippen molar-refractivity contribution in [2.24, 2.45) is 5.73 Å². The summed E-state index contributed by atoms with van der Waals surface area (Å²) in [4.78, 5) is 0. The topological polar surface area (TPSA) is 46.2 Å². The Morgan fingerprint density at radius 2 is 2.21 bits per heavy atom. The molecule has 2 heteroatoms. The molecule has 14 heavy (non-hydrogen) atoms. The highest BCUT2D eigenvalue weighted by Crippen LogP contribution is 2.41. The van der Waals surface area contributed by atoms with E-state index in [0.717, 1.165) is 18.4 Å². The first-order chi connectivity index (χ1) is 6.72. The average Bonchev–Trinajstić information content (AvgIpc) is 2.44. The molecule has 3 N–H and O–H groups in total. The smallest absolute Gasteiger partial charge is 0.0798 e. The van der Waals surface area contributed by atoms with E-state index in [4.69, 9.17) is 5.73 Å². The lowest BCUT2D eigenvalue weighted by Gasteiger charge is -2.09. The first-order valence-electron chi connectivity index (χ1n) is 5.21. The molecular weight excluding hydrogens is 174 g/mol. The fraction of sp³-hybridized carbons (Fsp3) is 0.500. The second-order valence-corrected chi connectivity index (χ2v) is 4.16. The highest BCUT2D eigenvalue weighted by molar-refractivity contribution is 5.39. The molecule has 1 aromatic rings. The maximum Gasteiger partial charge on any atom is 0.0798 e. The Hall–Kier alpha value is -0.860. The molecule has 2 atom stereocenters. The zero-order valence-electron chi connectivity index (χ0n) is 8.53. The van der Waals surface area contributed by atoms with Crippen LogP contribution in [0.3, 0.4) is 0 Å². The lowest BCUT2D eigenvalue weighted by Crippen LogP contribution is -2.04. The standard InChI is InChI=1S/C12H17NO/c1-8-2-3-10-9(4-5-13)7-12(14)11(10)6-8/h2-3,6,9,12,14H,4-5,7,13H2,1H3. The minimum absolute atomic E-state index is 0.276. The Morgan fingerprint density at radius 1 is 1.43 bits per heavy atom. The molecule has 0 fully saturated rings. The van der Waals surface area contributed by atoms with Crippen molar-refractivity contribution < 1.29 is 5.11 Å². The van der Waals surface area contributed by atoms with E-state index in [2.05, 4.69) is 25.1 Å². The monoisotopic (exact) mass is 191 g/mol. The van der Waals surface area contributed by atoms with E-state index in [-0.39, 0.29) is 6.10 Å². The van der Waals surface area contributed by atoms with E-state index in [1.165, 1.54) is 11.1 Å². The van der Waals surface area contributed by atoms with E-state index in [1.807, 2.05) is 0 Å². The summed E-state index contributed by atoms with van der Waals surface area (Å²) in [6.07, 6.45) is 1.55. The summed E-state index contributed by atoms with van der Waals surface area (Å²) >= 11 is 0. The summed E-state index contributed by atoms with van der Waals surface area (Å²) in [5, 5.41) is 9.86. The third-order valence-corrected chi connectivity index (χ3v) is 3.06. The largest absolute Gasteiger partial charge is 0.388 e. The summed E-state index contributed by atoms with van der Waals surface area (Å²) in [6, 6.07) is 6.35. The number of hydrogen-bond acceptors (Lipinski definition) is 2. The van der Waals surface area contributed by atoms with Crippen LogP contribution in [0.15, 0.2) is 18.2 Å². The van der Waals surface area contributed by atoms with Crippen molar-refractivity contribution in [3.8, 4) is 0 Å². The van der Waals surface area contributed by atoms with Gasteiger partial charge in [-0.15, -0.1) is 0 Å². The van der Waals surface area contributed by atoms with Crippen molar-refractivity contribution in [3.63, 3.8) is 0 Å². The average molecular weight is 191 g/mol. The SMILES string of the molecule is Cc1ccc2c(c1)C(O)CC2CCN. The van der Waals surface area contributed by atoms with Crippen molar-refractivity contribution in [1.29, 1.82) is 0 Å². The number of rotatable bonds is 2. The van der Waals surface area contributed by atoms with Gasteiger partial charge >= 0.3 is 0 Å². The molecule has 0 radical (unpaired) electrons. The first-order valence-corrected chi connectivity index (χ1v) is 5.21. The van der Waals surface area contributed by atoms with Gasteiger partial charge in [0.05, 0.1) is 6.10 Å². The molecule has 0 saturated carbocycles. The normalized spacial score (nSPS) is 25.1. The molecule has 2 unspecified atom stereocenters. The first kappa shape index (κ1) is 9.69. The molecule has 0 spiro atoms. The number of benzene rings is 1. The summed E-state index contributed by atoms with van der Waals surface area (Å²) in [7, 11) is 0. The molecule has 76 valence electrons. The predicted molar refractivity (Wildman–Crippen MR) is 57.2 cm³/mol. The van der Waals surface area contributed by atoms with Gasteiger partial charge in [-0.1, -0.05) is 23.8 Å². The van der Waals surface area contributed by atoms with Gasteiger partial charge in [0.25, 0.3) is 0 Å². The van der Waals surface area contributed by atoms with Gasteiger partial charge in [-0.3, -0.25) is 0 Å². The Morgan fingerprint density at radius 3 is 2.93 bits per heavy atom. The molecule has 0 saturated heterocycles. The molecule has 1 aliphatic rings. The summed E-state index contributed by atoms with van der Waals surface area (Å²) < 4.78 is 0. The Labute approximate surface area is 84.7 Å². The summed E-state index contributed by atoms with van der Waals surface area (Å²) in [6.45, 7) is 2.76. The van der Waals surface area contributed by atoms with Crippen molar-refractivity contribution in [3.05, 3.63) is 34.9 Å². The van der Waals surface area contributed by atoms with Crippen LogP contribution in [0.5, 0.6) is 0 Å². The zero-order valence-corrected chi connectivity index (χ0v) is 8.53. The van der Waals surface area contributed by atoms with Crippen molar-refractivity contribution in [2.45, 2.75) is 31.8 Å². The van der Waals surface area contributed by atoms with Gasteiger partial charge in [0.15, 0.2) is 0 Å². The van der Waals surface area contributed by atoms with Crippen LogP contribution >= 0.6 is 0 Å².